The Morgan fingerprint density at radius 2 is 2.18 bits per heavy atom. The Balaban J connectivity index is 1.74. The number of allylic oxidation sites excluding steroid dienone is 6. The van der Waals surface area contributed by atoms with Gasteiger partial charge in [0.25, 0.3) is 0 Å². The minimum atomic E-state index is 0.0399. The molecule has 0 fully saturated rings. The molecule has 112 valence electrons. The summed E-state index contributed by atoms with van der Waals surface area (Å²) in [4.78, 5) is 20.3. The Hall–Kier alpha value is -2.69. The van der Waals surface area contributed by atoms with Crippen LogP contribution in [0.25, 0.3) is 0 Å². The van der Waals surface area contributed by atoms with Crippen molar-refractivity contribution in [2.45, 2.75) is 12.8 Å². The molecule has 22 heavy (non-hydrogen) atoms. The molecule has 3 aliphatic rings. The van der Waals surface area contributed by atoms with Gasteiger partial charge in [-0.3, -0.25) is 9.79 Å². The van der Waals surface area contributed by atoms with E-state index in [9.17, 15) is 4.79 Å². The molecule has 0 aromatic rings. The molecule has 1 heterocycles. The number of hydrogen-bond donors (Lipinski definition) is 1. The maximum atomic E-state index is 11.9. The molecule has 0 amide bonds. The zero-order valence-electron chi connectivity index (χ0n) is 12.2. The highest BCUT2D eigenvalue weighted by Crippen LogP contribution is 2.32. The highest BCUT2D eigenvalue weighted by Gasteiger charge is 2.29. The van der Waals surface area contributed by atoms with Crippen molar-refractivity contribution in [2.24, 2.45) is 9.98 Å². The van der Waals surface area contributed by atoms with E-state index in [0.29, 0.717) is 13.0 Å². The van der Waals surface area contributed by atoms with Gasteiger partial charge in [-0.2, -0.15) is 0 Å². The van der Waals surface area contributed by atoms with Crippen molar-refractivity contribution in [1.29, 1.82) is 0 Å². The molecular weight excluding hydrogens is 278 g/mol. The standard InChI is InChI=1S/C17H17N3O2/c21-16-11-19-10-13-5-4-6-15(13)20-12-18-7-2-1-3-8-22-17-9-14(16)17/h1-5,7,10,12H,6,8-9,11H2,(H,18,20). The van der Waals surface area contributed by atoms with Crippen molar-refractivity contribution < 1.29 is 9.53 Å². The molecule has 0 radical (unpaired) electrons. The lowest BCUT2D eigenvalue weighted by Crippen LogP contribution is -2.11. The summed E-state index contributed by atoms with van der Waals surface area (Å²) in [7, 11) is 0. The topological polar surface area (TPSA) is 63.0 Å². The first-order valence-corrected chi connectivity index (χ1v) is 7.22. The third kappa shape index (κ3) is 3.69. The van der Waals surface area contributed by atoms with Gasteiger partial charge in [0.15, 0.2) is 5.78 Å². The van der Waals surface area contributed by atoms with Crippen molar-refractivity contribution in [3.63, 3.8) is 0 Å². The molecule has 1 aliphatic heterocycles. The van der Waals surface area contributed by atoms with Gasteiger partial charge >= 0.3 is 0 Å². The van der Waals surface area contributed by atoms with E-state index >= 15 is 0 Å². The van der Waals surface area contributed by atoms with E-state index < -0.39 is 0 Å². The molecule has 0 saturated heterocycles. The maximum Gasteiger partial charge on any atom is 0.183 e. The second kappa shape index (κ2) is 6.85. The van der Waals surface area contributed by atoms with E-state index in [-0.39, 0.29) is 12.3 Å². The summed E-state index contributed by atoms with van der Waals surface area (Å²) < 4.78 is 5.50. The van der Waals surface area contributed by atoms with Gasteiger partial charge in [-0.15, -0.1) is 0 Å². The van der Waals surface area contributed by atoms with E-state index in [0.717, 1.165) is 29.0 Å². The summed E-state index contributed by atoms with van der Waals surface area (Å²) in [6.07, 6.45) is 16.1. The maximum absolute atomic E-state index is 11.9. The average Bonchev–Trinajstić information content (AvgIpc) is 3.16. The summed E-state index contributed by atoms with van der Waals surface area (Å²) >= 11 is 0. The minimum Gasteiger partial charge on any atom is -0.493 e. The first kappa shape index (κ1) is 14.3. The largest absolute Gasteiger partial charge is 0.493 e. The first-order chi connectivity index (χ1) is 10.8. The van der Waals surface area contributed by atoms with Crippen LogP contribution in [0, 0.1) is 0 Å². The lowest BCUT2D eigenvalue weighted by atomic mass is 10.2. The number of hydrogen-bond acceptors (Lipinski definition) is 5. The van der Waals surface area contributed by atoms with Gasteiger partial charge in [-0.05, 0) is 12.2 Å². The smallest absolute Gasteiger partial charge is 0.183 e. The van der Waals surface area contributed by atoms with E-state index in [1.165, 1.54) is 0 Å². The molecule has 5 nitrogen and oxygen atoms in total. The van der Waals surface area contributed by atoms with Crippen molar-refractivity contribution in [2.75, 3.05) is 13.2 Å². The number of ether oxygens (including phenoxy) is 1. The zero-order valence-corrected chi connectivity index (χ0v) is 12.2. The van der Waals surface area contributed by atoms with Crippen LogP contribution >= 0.6 is 0 Å². The number of nitrogens with zero attached hydrogens (tertiary/aromatic N) is 2. The summed E-state index contributed by atoms with van der Waals surface area (Å²) in [5.41, 5.74) is 2.78. The summed E-state index contributed by atoms with van der Waals surface area (Å²) in [6, 6.07) is 0. The fraction of sp³-hybridized carbons (Fsp3) is 0.235. The van der Waals surface area contributed by atoms with E-state index in [4.69, 9.17) is 4.74 Å². The van der Waals surface area contributed by atoms with Crippen molar-refractivity contribution in [3.05, 3.63) is 59.2 Å². The summed E-state index contributed by atoms with van der Waals surface area (Å²) in [5.74, 6) is 0.830. The molecule has 0 spiro atoms. The third-order valence-corrected chi connectivity index (χ3v) is 3.41. The molecule has 0 atom stereocenters. The predicted molar refractivity (Wildman–Crippen MR) is 86.7 cm³/mol. The second-order valence-corrected chi connectivity index (χ2v) is 5.02. The third-order valence-electron chi connectivity index (χ3n) is 3.41. The molecule has 1 N–H and O–H groups in total. The molecule has 3 rings (SSSR count). The van der Waals surface area contributed by atoms with Gasteiger partial charge in [0.2, 0.25) is 0 Å². The van der Waals surface area contributed by atoms with Crippen molar-refractivity contribution in [3.8, 4) is 0 Å². The molecule has 2 aliphatic carbocycles. The number of carbonyl (C=O) groups excluding carboxylic acids is 1. The fourth-order valence-corrected chi connectivity index (χ4v) is 2.16. The number of rotatable bonds is 0. The van der Waals surface area contributed by atoms with Gasteiger partial charge in [0, 0.05) is 42.1 Å². The van der Waals surface area contributed by atoms with Crippen LogP contribution in [0.3, 0.4) is 0 Å². The minimum absolute atomic E-state index is 0.0399. The lowest BCUT2D eigenvalue weighted by Gasteiger charge is -2.01. The molecule has 5 heteroatoms. The van der Waals surface area contributed by atoms with Crippen LogP contribution in [0.5, 0.6) is 0 Å². The molecular formula is C17H17N3O2. The van der Waals surface area contributed by atoms with Crippen LogP contribution < -0.4 is 5.32 Å². The molecule has 0 unspecified atom stereocenters. The Kier molecular flexibility index (Phi) is 4.44. The van der Waals surface area contributed by atoms with Crippen molar-refractivity contribution >= 4 is 18.3 Å². The van der Waals surface area contributed by atoms with Gasteiger partial charge in [0.1, 0.15) is 18.9 Å². The molecule has 0 aromatic heterocycles. The monoisotopic (exact) mass is 295 g/mol. The van der Waals surface area contributed by atoms with Gasteiger partial charge in [0.05, 0.1) is 6.34 Å². The normalized spacial score (nSPS) is 21.4. The highest BCUT2D eigenvalue weighted by molar-refractivity contribution is 6.02. The second-order valence-electron chi connectivity index (χ2n) is 5.02. The van der Waals surface area contributed by atoms with Crippen LogP contribution in [-0.4, -0.2) is 31.5 Å². The quantitative estimate of drug-likeness (QED) is 0.745. The van der Waals surface area contributed by atoms with E-state index in [1.54, 1.807) is 18.8 Å². The number of nitrogens with one attached hydrogen (secondary N) is 1. The molecule has 0 saturated carbocycles. The number of carbonyl (C=O) groups is 1. The lowest BCUT2D eigenvalue weighted by molar-refractivity contribution is -0.113. The molecule has 0 bridgehead atoms. The number of Topliss-reactive ketones (excluding diaryl/α,β-unsaturated/α-hetero) is 1. The summed E-state index contributed by atoms with van der Waals surface area (Å²) in [5, 5.41) is 3.14. The van der Waals surface area contributed by atoms with Gasteiger partial charge in [-0.25, -0.2) is 4.99 Å². The number of ketones is 1. The predicted octanol–water partition coefficient (Wildman–Crippen LogP) is 2.22. The van der Waals surface area contributed by atoms with Gasteiger partial charge < -0.3 is 10.1 Å². The Morgan fingerprint density at radius 3 is 3.14 bits per heavy atom. The zero-order chi connectivity index (χ0) is 15.2. The molecule has 0 aromatic carbocycles. The average molecular weight is 295 g/mol. The van der Waals surface area contributed by atoms with Crippen LogP contribution in [0.15, 0.2) is 69.2 Å². The van der Waals surface area contributed by atoms with E-state index in [2.05, 4.69) is 15.3 Å². The summed E-state index contributed by atoms with van der Waals surface area (Å²) in [6.45, 7) is 0.626. The van der Waals surface area contributed by atoms with E-state index in [1.807, 2.05) is 30.4 Å². The first-order valence-electron chi connectivity index (χ1n) is 7.22. The van der Waals surface area contributed by atoms with Gasteiger partial charge in [-0.1, -0.05) is 18.2 Å². The fourth-order valence-electron chi connectivity index (χ4n) is 2.16. The van der Waals surface area contributed by atoms with Crippen LogP contribution in [0.2, 0.25) is 0 Å². The SMILES string of the molecule is O=C1CN=CC2=C(CC=C2)NC=NC=CC=CCOC2=C1C2. The van der Waals surface area contributed by atoms with Crippen LogP contribution in [0.1, 0.15) is 12.8 Å². The van der Waals surface area contributed by atoms with Crippen molar-refractivity contribution in [1.82, 2.24) is 5.32 Å². The number of aliphatic imine (C=N–C) groups is 2. The Morgan fingerprint density at radius 1 is 1.23 bits per heavy atom. The van der Waals surface area contributed by atoms with Crippen LogP contribution in [0.4, 0.5) is 0 Å². The highest BCUT2D eigenvalue weighted by atomic mass is 16.5. The Bertz CT molecular complexity index is 676. The van der Waals surface area contributed by atoms with Crippen LogP contribution in [-0.2, 0) is 9.53 Å². The Labute approximate surface area is 129 Å².